The predicted octanol–water partition coefficient (Wildman–Crippen LogP) is 0.0460. The summed E-state index contributed by atoms with van der Waals surface area (Å²) in [6.45, 7) is 2.03. The van der Waals surface area contributed by atoms with E-state index in [-0.39, 0.29) is 6.54 Å². The van der Waals surface area contributed by atoms with Crippen LogP contribution in [-0.4, -0.2) is 22.6 Å². The van der Waals surface area contributed by atoms with Crippen LogP contribution in [0, 0.1) is 0 Å². The molecule has 92 valence electrons. The van der Waals surface area contributed by atoms with Gasteiger partial charge < -0.3 is 4.74 Å². The molecule has 0 saturated heterocycles. The second-order valence-corrected chi connectivity index (χ2v) is 3.34. The van der Waals surface area contributed by atoms with Gasteiger partial charge in [0, 0.05) is 24.4 Å². The lowest BCUT2D eigenvalue weighted by Crippen LogP contribution is -2.28. The minimum atomic E-state index is -0.505. The van der Waals surface area contributed by atoms with Gasteiger partial charge in [0.05, 0.1) is 7.11 Å². The standard InChI is InChI=1S/C11H14N2O4/c1-3-8(10(15)17-2)4-6-13-7-5-9(14)12-11(13)16/h4-5,7H,3,6H2,1-2H3,(H,12,14,16). The van der Waals surface area contributed by atoms with Crippen molar-refractivity contribution in [3.05, 3.63) is 44.8 Å². The number of ether oxygens (including phenoxy) is 1. The average Bonchev–Trinajstić information content (AvgIpc) is 2.31. The summed E-state index contributed by atoms with van der Waals surface area (Å²) in [6.07, 6.45) is 3.50. The molecule has 0 aliphatic rings. The van der Waals surface area contributed by atoms with E-state index in [1.165, 1.54) is 23.9 Å². The molecule has 0 amide bonds. The number of nitrogens with one attached hydrogen (secondary N) is 1. The van der Waals surface area contributed by atoms with Crippen LogP contribution in [-0.2, 0) is 16.1 Å². The van der Waals surface area contributed by atoms with Crippen LogP contribution in [0.25, 0.3) is 0 Å². The zero-order valence-corrected chi connectivity index (χ0v) is 9.73. The van der Waals surface area contributed by atoms with E-state index in [1.54, 1.807) is 6.08 Å². The quantitative estimate of drug-likeness (QED) is 0.593. The van der Waals surface area contributed by atoms with Crippen molar-refractivity contribution in [1.82, 2.24) is 9.55 Å². The molecule has 0 fully saturated rings. The second-order valence-electron chi connectivity index (χ2n) is 3.34. The number of H-pyrrole nitrogens is 1. The van der Waals surface area contributed by atoms with Crippen molar-refractivity contribution in [2.45, 2.75) is 19.9 Å². The Morgan fingerprint density at radius 3 is 2.76 bits per heavy atom. The average molecular weight is 238 g/mol. The van der Waals surface area contributed by atoms with Gasteiger partial charge >= 0.3 is 11.7 Å². The molecule has 0 saturated carbocycles. The van der Waals surface area contributed by atoms with Crippen LogP contribution in [0.5, 0.6) is 0 Å². The van der Waals surface area contributed by atoms with E-state index in [1.807, 2.05) is 6.92 Å². The summed E-state index contributed by atoms with van der Waals surface area (Å²) in [7, 11) is 1.30. The number of nitrogens with zero attached hydrogens (tertiary/aromatic N) is 1. The molecule has 0 aliphatic carbocycles. The lowest BCUT2D eigenvalue weighted by molar-refractivity contribution is -0.136. The minimum Gasteiger partial charge on any atom is -0.466 e. The number of rotatable bonds is 4. The monoisotopic (exact) mass is 238 g/mol. The van der Waals surface area contributed by atoms with Crippen LogP contribution in [0.4, 0.5) is 0 Å². The number of aromatic nitrogens is 2. The summed E-state index contributed by atoms with van der Waals surface area (Å²) in [5.74, 6) is -0.412. The van der Waals surface area contributed by atoms with Crippen LogP contribution < -0.4 is 11.2 Å². The van der Waals surface area contributed by atoms with Gasteiger partial charge in [0.1, 0.15) is 0 Å². The van der Waals surface area contributed by atoms with Crippen LogP contribution in [0.2, 0.25) is 0 Å². The van der Waals surface area contributed by atoms with Gasteiger partial charge in [-0.05, 0) is 6.42 Å². The number of hydrogen-bond acceptors (Lipinski definition) is 4. The largest absolute Gasteiger partial charge is 0.466 e. The number of methoxy groups -OCH3 is 1. The van der Waals surface area contributed by atoms with Crippen molar-refractivity contribution in [1.29, 1.82) is 0 Å². The summed E-state index contributed by atoms with van der Waals surface area (Å²) in [6, 6.07) is 1.25. The summed E-state index contributed by atoms with van der Waals surface area (Å²) in [4.78, 5) is 35.6. The fourth-order valence-electron chi connectivity index (χ4n) is 1.30. The van der Waals surface area contributed by atoms with Crippen molar-refractivity contribution >= 4 is 5.97 Å². The van der Waals surface area contributed by atoms with Crippen LogP contribution in [0.1, 0.15) is 13.3 Å². The first-order valence-electron chi connectivity index (χ1n) is 5.15. The maximum Gasteiger partial charge on any atom is 0.333 e. The molecule has 6 nitrogen and oxygen atoms in total. The maximum atomic E-state index is 11.3. The lowest BCUT2D eigenvalue weighted by Gasteiger charge is -2.03. The van der Waals surface area contributed by atoms with Crippen molar-refractivity contribution in [3.63, 3.8) is 0 Å². The molecule has 1 heterocycles. The second kappa shape index (κ2) is 5.83. The molecule has 17 heavy (non-hydrogen) atoms. The van der Waals surface area contributed by atoms with E-state index in [0.29, 0.717) is 12.0 Å². The van der Waals surface area contributed by atoms with Gasteiger partial charge in [-0.3, -0.25) is 14.3 Å². The Hall–Kier alpha value is -2.11. The van der Waals surface area contributed by atoms with Gasteiger partial charge in [-0.25, -0.2) is 9.59 Å². The normalized spacial score (nSPS) is 11.3. The highest BCUT2D eigenvalue weighted by Crippen LogP contribution is 2.02. The summed E-state index contributed by atoms with van der Waals surface area (Å²) in [5, 5.41) is 0. The molecule has 0 aromatic carbocycles. The predicted molar refractivity (Wildman–Crippen MR) is 61.7 cm³/mol. The zero-order valence-electron chi connectivity index (χ0n) is 9.73. The Kier molecular flexibility index (Phi) is 4.45. The zero-order chi connectivity index (χ0) is 12.8. The Labute approximate surface area is 97.5 Å². The lowest BCUT2D eigenvalue weighted by atomic mass is 10.2. The SMILES string of the molecule is CCC(=CCn1ccc(=O)[nH]c1=O)C(=O)OC. The molecule has 0 atom stereocenters. The molecule has 1 rings (SSSR count). The molecule has 0 bridgehead atoms. The van der Waals surface area contributed by atoms with Crippen molar-refractivity contribution < 1.29 is 9.53 Å². The number of esters is 1. The fourth-order valence-corrected chi connectivity index (χ4v) is 1.30. The van der Waals surface area contributed by atoms with Gasteiger partial charge in [0.25, 0.3) is 5.56 Å². The number of hydrogen-bond donors (Lipinski definition) is 1. The van der Waals surface area contributed by atoms with Gasteiger partial charge in [0.15, 0.2) is 0 Å². The van der Waals surface area contributed by atoms with E-state index < -0.39 is 17.2 Å². The van der Waals surface area contributed by atoms with Crippen LogP contribution in [0.15, 0.2) is 33.5 Å². The Morgan fingerprint density at radius 1 is 1.53 bits per heavy atom. The van der Waals surface area contributed by atoms with Gasteiger partial charge in [-0.2, -0.15) is 0 Å². The molecule has 0 radical (unpaired) electrons. The van der Waals surface area contributed by atoms with Gasteiger partial charge in [-0.1, -0.05) is 13.0 Å². The van der Waals surface area contributed by atoms with E-state index in [4.69, 9.17) is 0 Å². The van der Waals surface area contributed by atoms with Crippen molar-refractivity contribution in [2.75, 3.05) is 7.11 Å². The summed E-state index contributed by atoms with van der Waals surface area (Å²) >= 11 is 0. The minimum absolute atomic E-state index is 0.216. The first-order valence-corrected chi connectivity index (χ1v) is 5.15. The van der Waals surface area contributed by atoms with Crippen molar-refractivity contribution in [2.24, 2.45) is 0 Å². The van der Waals surface area contributed by atoms with E-state index in [2.05, 4.69) is 9.72 Å². The molecule has 0 unspecified atom stereocenters. The van der Waals surface area contributed by atoms with Crippen LogP contribution in [0.3, 0.4) is 0 Å². The number of carbonyl (C=O) groups excluding carboxylic acids is 1. The number of aromatic amines is 1. The highest BCUT2D eigenvalue weighted by molar-refractivity contribution is 5.88. The topological polar surface area (TPSA) is 81.2 Å². The first kappa shape index (κ1) is 13.0. The Morgan fingerprint density at radius 2 is 2.24 bits per heavy atom. The highest BCUT2D eigenvalue weighted by atomic mass is 16.5. The highest BCUT2D eigenvalue weighted by Gasteiger charge is 2.06. The van der Waals surface area contributed by atoms with Crippen LogP contribution >= 0.6 is 0 Å². The van der Waals surface area contributed by atoms with Gasteiger partial charge in [0.2, 0.25) is 0 Å². The van der Waals surface area contributed by atoms with E-state index in [0.717, 1.165) is 0 Å². The fraction of sp³-hybridized carbons (Fsp3) is 0.364. The third-order valence-corrected chi connectivity index (χ3v) is 2.26. The molecule has 0 aliphatic heterocycles. The smallest absolute Gasteiger partial charge is 0.333 e. The Bertz CT molecular complexity index is 539. The molecule has 1 N–H and O–H groups in total. The molecule has 6 heteroatoms. The van der Waals surface area contributed by atoms with E-state index in [9.17, 15) is 14.4 Å². The molecular formula is C11H14N2O4. The summed E-state index contributed by atoms with van der Waals surface area (Å²) in [5.41, 5.74) is -0.460. The third-order valence-electron chi connectivity index (χ3n) is 2.26. The molecular weight excluding hydrogens is 224 g/mol. The van der Waals surface area contributed by atoms with Gasteiger partial charge in [-0.15, -0.1) is 0 Å². The molecule has 0 spiro atoms. The molecule has 1 aromatic rings. The maximum absolute atomic E-state index is 11.3. The molecule has 1 aromatic heterocycles. The van der Waals surface area contributed by atoms with Crippen molar-refractivity contribution in [3.8, 4) is 0 Å². The number of allylic oxidation sites excluding steroid dienone is 1. The summed E-state index contributed by atoms with van der Waals surface area (Å²) < 4.78 is 5.88. The third kappa shape index (κ3) is 3.44. The van der Waals surface area contributed by atoms with E-state index >= 15 is 0 Å². The number of carbonyl (C=O) groups is 1. The Balaban J connectivity index is 2.91. The first-order chi connectivity index (χ1) is 8.08.